The molecular weight excluding hydrogens is 717 g/mol. The minimum Gasteiger partial charge on any atom is -0.756 e. The van der Waals surface area contributed by atoms with Crippen molar-refractivity contribution >= 4 is 19.8 Å². The number of hydrogen-bond donors (Lipinski definition) is 0. The molecular formula is C44H90NO9P. The molecule has 0 rings (SSSR count). The second-order valence-electron chi connectivity index (χ2n) is 16.8. The van der Waals surface area contributed by atoms with Gasteiger partial charge in [-0.3, -0.25) is 14.2 Å². The molecule has 0 amide bonds. The van der Waals surface area contributed by atoms with Gasteiger partial charge in [0.2, 0.25) is 0 Å². The zero-order chi connectivity index (χ0) is 40.0. The molecule has 0 saturated carbocycles. The molecule has 330 valence electrons. The number of carbonyl (C=O) groups excluding carboxylic acids is 2. The van der Waals surface area contributed by atoms with E-state index in [9.17, 15) is 19.0 Å². The molecule has 55 heavy (non-hydrogen) atoms. The van der Waals surface area contributed by atoms with E-state index in [1.807, 2.05) is 21.1 Å². The van der Waals surface area contributed by atoms with E-state index in [0.717, 1.165) is 32.1 Å². The maximum absolute atomic E-state index is 12.7. The fourth-order valence-corrected chi connectivity index (χ4v) is 7.27. The van der Waals surface area contributed by atoms with Crippen molar-refractivity contribution in [2.24, 2.45) is 0 Å². The van der Waals surface area contributed by atoms with Gasteiger partial charge < -0.3 is 33.4 Å². The summed E-state index contributed by atoms with van der Waals surface area (Å²) in [6, 6.07) is 0. The molecule has 2 atom stereocenters. The smallest absolute Gasteiger partial charge is 0.306 e. The SMILES string of the molecule is CCCCCCCCCCCCCCCCCC(=O)OC[C@H](COP(=O)([O-])OCC[N+](C)(C)C)OC(=O)CCCCCCCCCCCCCCCCC.O. The molecule has 0 aliphatic carbocycles. The van der Waals surface area contributed by atoms with Crippen molar-refractivity contribution in [2.75, 3.05) is 47.5 Å². The lowest BCUT2D eigenvalue weighted by Crippen LogP contribution is -2.37. The van der Waals surface area contributed by atoms with Gasteiger partial charge in [-0.25, -0.2) is 0 Å². The van der Waals surface area contributed by atoms with Crippen LogP contribution in [0.5, 0.6) is 0 Å². The van der Waals surface area contributed by atoms with Crippen LogP contribution in [0.1, 0.15) is 219 Å². The lowest BCUT2D eigenvalue weighted by atomic mass is 10.0. The minimum atomic E-state index is -4.62. The van der Waals surface area contributed by atoms with E-state index in [0.29, 0.717) is 17.4 Å². The first-order valence-corrected chi connectivity index (χ1v) is 24.2. The van der Waals surface area contributed by atoms with Gasteiger partial charge in [-0.2, -0.15) is 0 Å². The Morgan fingerprint density at radius 3 is 1.18 bits per heavy atom. The third-order valence-electron chi connectivity index (χ3n) is 10.1. The lowest BCUT2D eigenvalue weighted by Gasteiger charge is -2.28. The number of phosphoric ester groups is 1. The number of esters is 2. The zero-order valence-electron chi connectivity index (χ0n) is 36.7. The van der Waals surface area contributed by atoms with Crippen LogP contribution in [-0.2, 0) is 32.7 Å². The predicted octanol–water partition coefficient (Wildman–Crippen LogP) is 11.3. The standard InChI is InChI=1S/C44H88NO8P.H2O/c1-6-8-10-12-14-16-18-20-22-24-26-28-30-32-34-36-43(46)50-40-42(41-52-54(48,49)51-39-38-45(3,4)5)53-44(47)37-35-33-31-29-27-25-23-21-19-17-15-13-11-9-7-2;/h42H,6-41H2,1-5H3;1H2/t42-;/m1./s1. The second-order valence-corrected chi connectivity index (χ2v) is 18.2. The summed E-state index contributed by atoms with van der Waals surface area (Å²) in [5.41, 5.74) is 0. The topological polar surface area (TPSA) is 143 Å². The molecule has 0 bridgehead atoms. The van der Waals surface area contributed by atoms with Crippen LogP contribution in [-0.4, -0.2) is 75.5 Å². The average molecular weight is 808 g/mol. The summed E-state index contributed by atoms with van der Waals surface area (Å²) in [4.78, 5) is 37.5. The molecule has 10 nitrogen and oxygen atoms in total. The molecule has 0 radical (unpaired) electrons. The summed E-state index contributed by atoms with van der Waals surface area (Å²) in [7, 11) is 1.18. The van der Waals surface area contributed by atoms with Crippen molar-refractivity contribution in [1.29, 1.82) is 0 Å². The van der Waals surface area contributed by atoms with Crippen molar-refractivity contribution in [3.05, 3.63) is 0 Å². The van der Waals surface area contributed by atoms with Gasteiger partial charge in [-0.05, 0) is 12.8 Å². The van der Waals surface area contributed by atoms with Crippen molar-refractivity contribution in [1.82, 2.24) is 0 Å². The summed E-state index contributed by atoms with van der Waals surface area (Å²) >= 11 is 0. The molecule has 0 aliphatic rings. The first-order valence-electron chi connectivity index (χ1n) is 22.7. The Balaban J connectivity index is 0. The largest absolute Gasteiger partial charge is 0.756 e. The maximum atomic E-state index is 12.7. The van der Waals surface area contributed by atoms with Gasteiger partial charge in [-0.15, -0.1) is 0 Å². The molecule has 2 N–H and O–H groups in total. The van der Waals surface area contributed by atoms with Crippen LogP contribution >= 0.6 is 7.82 Å². The average Bonchev–Trinajstić information content (AvgIpc) is 3.12. The van der Waals surface area contributed by atoms with Gasteiger partial charge in [0.15, 0.2) is 6.10 Å². The Morgan fingerprint density at radius 1 is 0.509 bits per heavy atom. The molecule has 0 aromatic carbocycles. The van der Waals surface area contributed by atoms with Crippen LogP contribution in [0.3, 0.4) is 0 Å². The normalized spacial score (nSPS) is 13.3. The van der Waals surface area contributed by atoms with E-state index >= 15 is 0 Å². The van der Waals surface area contributed by atoms with E-state index in [1.54, 1.807) is 0 Å². The number of unbranched alkanes of at least 4 members (excludes halogenated alkanes) is 28. The third kappa shape index (κ3) is 43.9. The summed E-state index contributed by atoms with van der Waals surface area (Å²) in [6.07, 6.45) is 36.9. The highest BCUT2D eigenvalue weighted by Crippen LogP contribution is 2.38. The predicted molar refractivity (Wildman–Crippen MR) is 226 cm³/mol. The third-order valence-corrected chi connectivity index (χ3v) is 11.1. The quantitative estimate of drug-likeness (QED) is 0.0257. The molecule has 0 aliphatic heterocycles. The zero-order valence-corrected chi connectivity index (χ0v) is 37.6. The highest BCUT2D eigenvalue weighted by molar-refractivity contribution is 7.45. The van der Waals surface area contributed by atoms with Gasteiger partial charge in [-0.1, -0.05) is 194 Å². The highest BCUT2D eigenvalue weighted by atomic mass is 31.2. The molecule has 0 spiro atoms. The number of phosphoric acid groups is 1. The number of quaternary nitrogens is 1. The van der Waals surface area contributed by atoms with E-state index in [2.05, 4.69) is 13.8 Å². The van der Waals surface area contributed by atoms with Crippen LogP contribution in [0.2, 0.25) is 0 Å². The number of rotatable bonds is 42. The van der Waals surface area contributed by atoms with Gasteiger partial charge in [0.1, 0.15) is 19.8 Å². The molecule has 0 saturated heterocycles. The fourth-order valence-electron chi connectivity index (χ4n) is 6.54. The molecule has 0 aromatic heterocycles. The van der Waals surface area contributed by atoms with Crippen molar-refractivity contribution in [2.45, 2.75) is 225 Å². The van der Waals surface area contributed by atoms with E-state index in [1.165, 1.54) is 154 Å². The summed E-state index contributed by atoms with van der Waals surface area (Å²) in [5, 5.41) is 0. The molecule has 0 aromatic rings. The number of carbonyl (C=O) groups is 2. The van der Waals surface area contributed by atoms with Crippen LogP contribution in [0.15, 0.2) is 0 Å². The Morgan fingerprint density at radius 2 is 0.836 bits per heavy atom. The lowest BCUT2D eigenvalue weighted by molar-refractivity contribution is -0.870. The molecule has 0 fully saturated rings. The summed E-state index contributed by atoms with van der Waals surface area (Å²) < 4.78 is 33.9. The molecule has 0 heterocycles. The summed E-state index contributed by atoms with van der Waals surface area (Å²) in [6.45, 7) is 4.27. The Bertz CT molecular complexity index is 899. The van der Waals surface area contributed by atoms with Crippen molar-refractivity contribution in [3.63, 3.8) is 0 Å². The van der Waals surface area contributed by atoms with E-state index < -0.39 is 26.5 Å². The Hall–Kier alpha value is -1.03. The van der Waals surface area contributed by atoms with Crippen LogP contribution < -0.4 is 4.89 Å². The second kappa shape index (κ2) is 39.8. The number of hydrogen-bond acceptors (Lipinski definition) is 8. The van der Waals surface area contributed by atoms with Crippen LogP contribution in [0.4, 0.5) is 0 Å². The monoisotopic (exact) mass is 808 g/mol. The first kappa shape index (κ1) is 56.1. The number of ether oxygens (including phenoxy) is 2. The van der Waals surface area contributed by atoms with Crippen molar-refractivity contribution < 1.29 is 47.5 Å². The van der Waals surface area contributed by atoms with Crippen molar-refractivity contribution in [3.8, 4) is 0 Å². The number of likely N-dealkylation sites (N-methyl/N-ethyl adjacent to an activating group) is 1. The van der Waals surface area contributed by atoms with Gasteiger partial charge in [0, 0.05) is 12.8 Å². The Labute approximate surface area is 339 Å². The first-order chi connectivity index (χ1) is 26.0. The van der Waals surface area contributed by atoms with Crippen LogP contribution in [0, 0.1) is 0 Å². The summed E-state index contributed by atoms with van der Waals surface area (Å²) in [5.74, 6) is -0.818. The van der Waals surface area contributed by atoms with Gasteiger partial charge >= 0.3 is 11.9 Å². The maximum Gasteiger partial charge on any atom is 0.306 e. The fraction of sp³-hybridized carbons (Fsp3) is 0.955. The highest BCUT2D eigenvalue weighted by Gasteiger charge is 2.21. The molecule has 11 heteroatoms. The van der Waals surface area contributed by atoms with Crippen LogP contribution in [0.25, 0.3) is 0 Å². The van der Waals surface area contributed by atoms with Gasteiger partial charge in [0.25, 0.3) is 7.82 Å². The van der Waals surface area contributed by atoms with E-state index in [-0.39, 0.29) is 37.5 Å². The number of nitrogens with zero attached hydrogens (tertiary/aromatic N) is 1. The Kier molecular flexibility index (Phi) is 40.6. The molecule has 1 unspecified atom stereocenters. The minimum absolute atomic E-state index is 0. The van der Waals surface area contributed by atoms with E-state index in [4.69, 9.17) is 18.5 Å². The van der Waals surface area contributed by atoms with Gasteiger partial charge in [0.05, 0.1) is 27.7 Å².